The number of nitrogens with one attached hydrogen (secondary N) is 2. The molecule has 2 aromatic carbocycles. The molecule has 0 unspecified atom stereocenters. The molecule has 0 bridgehead atoms. The fourth-order valence-corrected chi connectivity index (χ4v) is 3.73. The van der Waals surface area contributed by atoms with Crippen LogP contribution in [0.4, 0.5) is 5.82 Å². The Morgan fingerprint density at radius 1 is 1.00 bits per heavy atom. The van der Waals surface area contributed by atoms with Crippen molar-refractivity contribution < 1.29 is 0 Å². The number of anilines is 1. The Balaban J connectivity index is 1.64. The number of nitrogens with two attached hydrogens (primary N) is 1. The molecule has 2 aromatic heterocycles. The number of hydrazine groups is 1. The quantitative estimate of drug-likeness (QED) is 0.296. The van der Waals surface area contributed by atoms with Crippen molar-refractivity contribution in [3.63, 3.8) is 0 Å². The van der Waals surface area contributed by atoms with Gasteiger partial charge in [0.15, 0.2) is 5.82 Å². The molecule has 8 nitrogen and oxygen atoms in total. The molecule has 8 heteroatoms. The summed E-state index contributed by atoms with van der Waals surface area (Å²) in [5.74, 6) is 7.86. The number of aromatic amines is 1. The van der Waals surface area contributed by atoms with E-state index in [0.29, 0.717) is 18.1 Å². The Labute approximate surface area is 181 Å². The first-order valence-electron chi connectivity index (χ1n) is 10.4. The summed E-state index contributed by atoms with van der Waals surface area (Å²) in [5.41, 5.74) is 9.18. The van der Waals surface area contributed by atoms with Crippen molar-refractivity contribution in [3.05, 3.63) is 71.2 Å². The highest BCUT2D eigenvalue weighted by molar-refractivity contribution is 5.80. The van der Waals surface area contributed by atoms with Gasteiger partial charge in [-0.2, -0.15) is 0 Å². The number of nitrogen functional groups attached to an aromatic ring is 1. The smallest absolute Gasteiger partial charge is 0.180 e. The zero-order valence-electron chi connectivity index (χ0n) is 17.8. The van der Waals surface area contributed by atoms with E-state index in [1.54, 1.807) is 0 Å². The molecule has 4 N–H and O–H groups in total. The summed E-state index contributed by atoms with van der Waals surface area (Å²) >= 11 is 0. The van der Waals surface area contributed by atoms with E-state index in [2.05, 4.69) is 68.3 Å². The van der Waals surface area contributed by atoms with Crippen molar-refractivity contribution in [2.24, 2.45) is 5.84 Å². The maximum Gasteiger partial charge on any atom is 0.180 e. The molecule has 0 amide bonds. The molecule has 0 aliphatic heterocycles. The number of H-pyrrole nitrogens is 1. The fraction of sp³-hybridized carbons (Fsp3) is 0.261. The lowest BCUT2D eigenvalue weighted by Gasteiger charge is -2.14. The molecule has 0 atom stereocenters. The minimum absolute atomic E-state index is 0.649. The molecule has 2 heterocycles. The molecule has 4 rings (SSSR count). The third-order valence-electron chi connectivity index (χ3n) is 5.28. The first-order valence-corrected chi connectivity index (χ1v) is 10.4. The number of tetrazole rings is 1. The maximum atomic E-state index is 5.77. The van der Waals surface area contributed by atoms with E-state index in [9.17, 15) is 0 Å². The molecule has 0 radical (unpaired) electrons. The van der Waals surface area contributed by atoms with Crippen LogP contribution in [-0.4, -0.2) is 30.6 Å². The van der Waals surface area contributed by atoms with E-state index in [1.165, 1.54) is 5.56 Å². The summed E-state index contributed by atoms with van der Waals surface area (Å²) < 4.78 is 0. The third-order valence-corrected chi connectivity index (χ3v) is 5.28. The van der Waals surface area contributed by atoms with E-state index < -0.39 is 0 Å². The summed E-state index contributed by atoms with van der Waals surface area (Å²) in [6.07, 6.45) is 3.83. The van der Waals surface area contributed by atoms with Crippen molar-refractivity contribution in [3.8, 4) is 22.5 Å². The molecule has 0 aliphatic rings. The number of aryl methyl sites for hydroxylation is 2. The van der Waals surface area contributed by atoms with Crippen LogP contribution < -0.4 is 11.3 Å². The number of benzene rings is 2. The SMILES string of the molecule is CCCCc1nc(C)nc(NN)c1Cc1ccc(-c2ccccc2-c2nnn[nH]2)cc1. The number of rotatable bonds is 8. The van der Waals surface area contributed by atoms with Gasteiger partial charge in [-0.3, -0.25) is 0 Å². The highest BCUT2D eigenvalue weighted by Gasteiger charge is 2.14. The van der Waals surface area contributed by atoms with Gasteiger partial charge in [-0.25, -0.2) is 20.9 Å². The van der Waals surface area contributed by atoms with Crippen LogP contribution >= 0.6 is 0 Å². The predicted molar refractivity (Wildman–Crippen MR) is 121 cm³/mol. The van der Waals surface area contributed by atoms with Crippen molar-refractivity contribution in [1.29, 1.82) is 0 Å². The van der Waals surface area contributed by atoms with Crippen molar-refractivity contribution >= 4 is 5.82 Å². The van der Waals surface area contributed by atoms with E-state index >= 15 is 0 Å². The lowest BCUT2D eigenvalue weighted by atomic mass is 9.96. The van der Waals surface area contributed by atoms with E-state index in [1.807, 2.05) is 25.1 Å². The monoisotopic (exact) mass is 414 g/mol. The highest BCUT2D eigenvalue weighted by atomic mass is 15.5. The van der Waals surface area contributed by atoms with E-state index in [4.69, 9.17) is 10.8 Å². The molecular weight excluding hydrogens is 388 g/mol. The largest absolute Gasteiger partial charge is 0.308 e. The Hall–Kier alpha value is -3.65. The van der Waals surface area contributed by atoms with Crippen LogP contribution in [-0.2, 0) is 12.8 Å². The van der Waals surface area contributed by atoms with Gasteiger partial charge < -0.3 is 5.43 Å². The van der Waals surface area contributed by atoms with Crippen LogP contribution in [0.2, 0.25) is 0 Å². The van der Waals surface area contributed by atoms with Crippen LogP contribution in [0.15, 0.2) is 48.5 Å². The number of hydrogen-bond acceptors (Lipinski definition) is 7. The van der Waals surface area contributed by atoms with E-state index in [-0.39, 0.29) is 0 Å². The summed E-state index contributed by atoms with van der Waals surface area (Å²) in [6, 6.07) is 16.6. The number of unbranched alkanes of at least 4 members (excludes halogenated alkanes) is 1. The zero-order chi connectivity index (χ0) is 21.6. The molecular formula is C23H26N8. The van der Waals surface area contributed by atoms with E-state index in [0.717, 1.165) is 53.0 Å². The first kappa shape index (κ1) is 20.6. The fourth-order valence-electron chi connectivity index (χ4n) is 3.73. The Kier molecular flexibility index (Phi) is 6.28. The van der Waals surface area contributed by atoms with Crippen molar-refractivity contribution in [2.75, 3.05) is 5.43 Å². The Morgan fingerprint density at radius 2 is 1.77 bits per heavy atom. The van der Waals surface area contributed by atoms with Crippen LogP contribution in [0.5, 0.6) is 0 Å². The van der Waals surface area contributed by atoms with Gasteiger partial charge in [0.05, 0.1) is 0 Å². The molecule has 0 fully saturated rings. The molecule has 0 saturated carbocycles. The first-order chi connectivity index (χ1) is 15.2. The van der Waals surface area contributed by atoms with Gasteiger partial charge in [0.1, 0.15) is 11.6 Å². The van der Waals surface area contributed by atoms with Crippen LogP contribution in [0.1, 0.15) is 42.4 Å². The molecule has 4 aromatic rings. The molecule has 0 aliphatic carbocycles. The van der Waals surface area contributed by atoms with Gasteiger partial charge in [0.2, 0.25) is 0 Å². The standard InChI is InChI=1S/C23H26N8/c1-3-4-9-21-20(22(27-24)26-15(2)25-21)14-16-10-12-17(13-11-16)18-7-5-6-8-19(18)23-28-30-31-29-23/h5-8,10-13H,3-4,9,14,24H2,1-2H3,(H,25,26,27)(H,28,29,30,31). The predicted octanol–water partition coefficient (Wildman–Crippen LogP) is 3.85. The number of hydrogen-bond donors (Lipinski definition) is 3. The van der Waals surface area contributed by atoms with Crippen LogP contribution in [0.3, 0.4) is 0 Å². The number of nitrogens with zero attached hydrogens (tertiary/aromatic N) is 5. The zero-order valence-corrected chi connectivity index (χ0v) is 17.8. The van der Waals surface area contributed by atoms with Gasteiger partial charge in [0.25, 0.3) is 0 Å². The third kappa shape index (κ3) is 4.59. The molecule has 158 valence electrons. The molecule has 0 spiro atoms. The van der Waals surface area contributed by atoms with Gasteiger partial charge in [-0.15, -0.1) is 5.10 Å². The van der Waals surface area contributed by atoms with Gasteiger partial charge in [-0.1, -0.05) is 61.9 Å². The lowest BCUT2D eigenvalue weighted by Crippen LogP contribution is -2.15. The summed E-state index contributed by atoms with van der Waals surface area (Å²) in [7, 11) is 0. The number of aromatic nitrogens is 6. The van der Waals surface area contributed by atoms with Crippen molar-refractivity contribution in [2.45, 2.75) is 39.5 Å². The van der Waals surface area contributed by atoms with Gasteiger partial charge >= 0.3 is 0 Å². The second-order valence-corrected chi connectivity index (χ2v) is 7.46. The lowest BCUT2D eigenvalue weighted by molar-refractivity contribution is 0.757. The minimum Gasteiger partial charge on any atom is -0.308 e. The highest BCUT2D eigenvalue weighted by Crippen LogP contribution is 2.30. The van der Waals surface area contributed by atoms with Crippen molar-refractivity contribution in [1.82, 2.24) is 30.6 Å². The van der Waals surface area contributed by atoms with Gasteiger partial charge in [-0.05, 0) is 46.9 Å². The molecule has 31 heavy (non-hydrogen) atoms. The topological polar surface area (TPSA) is 118 Å². The average molecular weight is 415 g/mol. The average Bonchev–Trinajstić information content (AvgIpc) is 3.34. The Bertz CT molecular complexity index is 1140. The summed E-state index contributed by atoms with van der Waals surface area (Å²) in [4.78, 5) is 9.18. The van der Waals surface area contributed by atoms with Gasteiger partial charge in [0, 0.05) is 23.2 Å². The van der Waals surface area contributed by atoms with Crippen LogP contribution in [0, 0.1) is 6.92 Å². The second-order valence-electron chi connectivity index (χ2n) is 7.46. The van der Waals surface area contributed by atoms with Crippen LogP contribution in [0.25, 0.3) is 22.5 Å². The minimum atomic E-state index is 0.649. The Morgan fingerprint density at radius 3 is 2.45 bits per heavy atom. The summed E-state index contributed by atoms with van der Waals surface area (Å²) in [6.45, 7) is 4.08. The summed E-state index contributed by atoms with van der Waals surface area (Å²) in [5, 5.41) is 14.3. The second kappa shape index (κ2) is 9.44. The molecule has 0 saturated heterocycles. The normalized spacial score (nSPS) is 10.9. The maximum absolute atomic E-state index is 5.77.